The second kappa shape index (κ2) is 17.6. The number of rotatable bonds is 8. The molecule has 4 atom stereocenters. The van der Waals surface area contributed by atoms with Gasteiger partial charge in [0.2, 0.25) is 10.0 Å². The van der Waals surface area contributed by atoms with Crippen molar-refractivity contribution in [2.75, 3.05) is 44.0 Å². The topological polar surface area (TPSA) is 138 Å². The number of ether oxygens (including phenoxy) is 2. The molecule has 4 rings (SSSR count). The third-order valence-corrected chi connectivity index (χ3v) is 10.8. The van der Waals surface area contributed by atoms with Crippen LogP contribution in [0.3, 0.4) is 0 Å². The number of likely N-dealkylation sites (N-methyl/N-ethyl adjacent to an activating group) is 1. The fraction of sp³-hybridized carbons (Fsp3) is 0.459. The van der Waals surface area contributed by atoms with Gasteiger partial charge in [-0.3, -0.25) is 4.79 Å². The molecule has 15 heteroatoms. The van der Waals surface area contributed by atoms with Gasteiger partial charge in [-0.25, -0.2) is 13.2 Å². The van der Waals surface area contributed by atoms with Crippen LogP contribution in [0.4, 0.5) is 29.3 Å². The van der Waals surface area contributed by atoms with Gasteiger partial charge in [-0.05, 0) is 94.6 Å². The van der Waals surface area contributed by atoms with Gasteiger partial charge in [-0.15, -0.1) is 0 Å². The van der Waals surface area contributed by atoms with Crippen molar-refractivity contribution in [2.45, 2.75) is 76.3 Å². The second-order valence-electron chi connectivity index (χ2n) is 13.3. The van der Waals surface area contributed by atoms with Gasteiger partial charge in [0.15, 0.2) is 0 Å². The molecule has 0 unspecified atom stereocenters. The van der Waals surface area contributed by atoms with Gasteiger partial charge in [0.1, 0.15) is 5.75 Å². The summed E-state index contributed by atoms with van der Waals surface area (Å²) in [4.78, 5) is 28.8. The first-order valence-corrected chi connectivity index (χ1v) is 18.6. The van der Waals surface area contributed by atoms with Gasteiger partial charge in [-0.1, -0.05) is 24.6 Å². The maximum Gasteiger partial charge on any atom is 0.416 e. The van der Waals surface area contributed by atoms with Crippen molar-refractivity contribution in [3.8, 4) is 5.75 Å². The van der Waals surface area contributed by atoms with E-state index in [0.29, 0.717) is 19.4 Å². The molecule has 1 aliphatic heterocycles. The van der Waals surface area contributed by atoms with Crippen molar-refractivity contribution in [1.82, 2.24) is 9.21 Å². The standard InChI is InChI=1S/C37H47F3N4O7S/c1-24-9-16-31(17-10-24)52(48,49)43(5)22-34-25(2)21-44(26(3)23-45)35(46)32-20-30(15-18-33(32)51-27(4)8-6-7-19-50-34)42-36(47)41-29-13-11-28(12-14-29)37(38,39)40/h9-18,20,25-27,34,45H,6-8,19,21-23H2,1-5H3,(H2,41,42,47)/t25-,26+,27-,34-/m0/s1. The van der Waals surface area contributed by atoms with E-state index < -0.39 is 51.8 Å². The molecule has 0 aromatic heterocycles. The predicted molar refractivity (Wildman–Crippen MR) is 192 cm³/mol. The summed E-state index contributed by atoms with van der Waals surface area (Å²) in [5.41, 5.74) is 0.523. The van der Waals surface area contributed by atoms with E-state index >= 15 is 0 Å². The Labute approximate surface area is 303 Å². The van der Waals surface area contributed by atoms with E-state index in [4.69, 9.17) is 9.47 Å². The number of nitrogens with one attached hydrogen (secondary N) is 2. The van der Waals surface area contributed by atoms with E-state index in [1.807, 2.05) is 20.8 Å². The number of sulfonamides is 1. The average molecular weight is 749 g/mol. The van der Waals surface area contributed by atoms with Gasteiger partial charge < -0.3 is 30.1 Å². The lowest BCUT2D eigenvalue weighted by atomic mass is 10.0. The van der Waals surface area contributed by atoms with Crippen LogP contribution < -0.4 is 15.4 Å². The molecular formula is C37H47F3N4O7S. The van der Waals surface area contributed by atoms with Crippen LogP contribution in [0.1, 0.15) is 61.5 Å². The minimum atomic E-state index is -4.52. The monoisotopic (exact) mass is 748 g/mol. The van der Waals surface area contributed by atoms with E-state index in [1.165, 1.54) is 22.3 Å². The van der Waals surface area contributed by atoms with Gasteiger partial charge in [0.05, 0.1) is 40.9 Å². The molecule has 3 aromatic carbocycles. The lowest BCUT2D eigenvalue weighted by Gasteiger charge is -2.35. The Bertz CT molecular complexity index is 1770. The van der Waals surface area contributed by atoms with Crippen LogP contribution in [0, 0.1) is 12.8 Å². The highest BCUT2D eigenvalue weighted by atomic mass is 32.2. The fourth-order valence-corrected chi connectivity index (χ4v) is 6.92. The van der Waals surface area contributed by atoms with Crippen molar-refractivity contribution in [2.24, 2.45) is 5.92 Å². The number of carbonyl (C=O) groups excluding carboxylic acids is 2. The maximum absolute atomic E-state index is 14.4. The van der Waals surface area contributed by atoms with E-state index in [2.05, 4.69) is 10.6 Å². The normalized spacial score (nSPS) is 20.0. The molecule has 0 aliphatic carbocycles. The first-order chi connectivity index (χ1) is 24.5. The summed E-state index contributed by atoms with van der Waals surface area (Å²) in [5.74, 6) is -0.628. The van der Waals surface area contributed by atoms with Gasteiger partial charge in [0, 0.05) is 44.0 Å². The molecule has 0 saturated heterocycles. The number of anilines is 2. The van der Waals surface area contributed by atoms with Crippen LogP contribution in [-0.2, 0) is 20.9 Å². The first kappa shape index (κ1) is 40.6. The Morgan fingerprint density at radius 3 is 2.29 bits per heavy atom. The van der Waals surface area contributed by atoms with Crippen LogP contribution in [0.5, 0.6) is 5.75 Å². The smallest absolute Gasteiger partial charge is 0.416 e. The molecule has 1 aliphatic rings. The summed E-state index contributed by atoms with van der Waals surface area (Å²) >= 11 is 0. The number of aliphatic hydroxyl groups excluding tert-OH is 1. The zero-order chi connectivity index (χ0) is 38.2. The number of benzene rings is 3. The van der Waals surface area contributed by atoms with Crippen molar-refractivity contribution < 1.29 is 45.8 Å². The summed E-state index contributed by atoms with van der Waals surface area (Å²) in [7, 11) is -2.35. The van der Waals surface area contributed by atoms with Crippen molar-refractivity contribution >= 4 is 33.3 Å². The van der Waals surface area contributed by atoms with Crippen LogP contribution in [0.2, 0.25) is 0 Å². The molecule has 11 nitrogen and oxygen atoms in total. The Balaban J connectivity index is 1.60. The number of aryl methyl sites for hydroxylation is 1. The van der Waals surface area contributed by atoms with E-state index in [9.17, 15) is 36.3 Å². The molecule has 3 N–H and O–H groups in total. The molecule has 0 spiro atoms. The Morgan fingerprint density at radius 1 is 1.02 bits per heavy atom. The van der Waals surface area contributed by atoms with Crippen LogP contribution >= 0.6 is 0 Å². The van der Waals surface area contributed by atoms with Crippen LogP contribution in [0.15, 0.2) is 71.6 Å². The molecule has 0 fully saturated rings. The molecule has 3 amide bonds. The lowest BCUT2D eigenvalue weighted by molar-refractivity contribution is -0.137. The van der Waals surface area contributed by atoms with Crippen molar-refractivity contribution in [3.05, 3.63) is 83.4 Å². The summed E-state index contributed by atoms with van der Waals surface area (Å²) < 4.78 is 79.6. The van der Waals surface area contributed by atoms with E-state index in [-0.39, 0.29) is 53.4 Å². The minimum Gasteiger partial charge on any atom is -0.490 e. The molecule has 52 heavy (non-hydrogen) atoms. The molecule has 284 valence electrons. The number of halogens is 3. The van der Waals surface area contributed by atoms with Gasteiger partial charge in [-0.2, -0.15) is 17.5 Å². The summed E-state index contributed by atoms with van der Waals surface area (Å²) in [6.07, 6.45) is -3.38. The number of urea groups is 1. The van der Waals surface area contributed by atoms with E-state index in [1.54, 1.807) is 43.3 Å². The first-order valence-electron chi connectivity index (χ1n) is 17.1. The fourth-order valence-electron chi connectivity index (χ4n) is 5.74. The molecule has 1 heterocycles. The molecule has 0 saturated carbocycles. The maximum atomic E-state index is 14.4. The Morgan fingerprint density at radius 2 is 1.65 bits per heavy atom. The van der Waals surface area contributed by atoms with Gasteiger partial charge >= 0.3 is 12.2 Å². The molecule has 0 radical (unpaired) electrons. The van der Waals surface area contributed by atoms with Crippen molar-refractivity contribution in [3.63, 3.8) is 0 Å². The quantitative estimate of drug-likeness (QED) is 0.231. The number of nitrogens with zero attached hydrogens (tertiary/aromatic N) is 2. The number of alkyl halides is 3. The summed E-state index contributed by atoms with van der Waals surface area (Å²) in [6.45, 7) is 7.38. The summed E-state index contributed by atoms with van der Waals surface area (Å²) in [6, 6.07) is 13.7. The molecule has 0 bridgehead atoms. The number of aliphatic hydroxyl groups is 1. The Kier molecular flexibility index (Phi) is 13.7. The zero-order valence-corrected chi connectivity index (χ0v) is 30.8. The molecule has 3 aromatic rings. The number of carbonyl (C=O) groups is 2. The number of hydrogen-bond donors (Lipinski definition) is 3. The second-order valence-corrected chi connectivity index (χ2v) is 15.3. The highest BCUT2D eigenvalue weighted by Crippen LogP contribution is 2.31. The molecular weight excluding hydrogens is 701 g/mol. The van der Waals surface area contributed by atoms with Crippen molar-refractivity contribution in [1.29, 1.82) is 0 Å². The Hall–Kier alpha value is -4.18. The largest absolute Gasteiger partial charge is 0.490 e. The van der Waals surface area contributed by atoms with Crippen LogP contribution in [0.25, 0.3) is 0 Å². The number of fused-ring (bicyclic) bond motifs is 1. The SMILES string of the molecule is Cc1ccc(S(=O)(=O)N(C)C[C@@H]2OCCCC[C@H](C)Oc3ccc(NC(=O)Nc4ccc(C(F)(F)F)cc4)cc3C(=O)N([C@H](C)CO)C[C@@H]2C)cc1. The lowest BCUT2D eigenvalue weighted by Crippen LogP contribution is -2.48. The zero-order valence-electron chi connectivity index (χ0n) is 29.9. The van der Waals surface area contributed by atoms with Crippen LogP contribution in [-0.4, -0.2) is 86.3 Å². The van der Waals surface area contributed by atoms with Gasteiger partial charge in [0.25, 0.3) is 5.91 Å². The average Bonchev–Trinajstić information content (AvgIpc) is 3.09. The minimum absolute atomic E-state index is 0.0190. The highest BCUT2D eigenvalue weighted by Gasteiger charge is 2.33. The number of amides is 3. The summed E-state index contributed by atoms with van der Waals surface area (Å²) in [5, 5.41) is 15.3. The third-order valence-electron chi connectivity index (χ3n) is 8.95. The highest BCUT2D eigenvalue weighted by molar-refractivity contribution is 7.89. The predicted octanol–water partition coefficient (Wildman–Crippen LogP) is 6.77. The number of hydrogen-bond acceptors (Lipinski definition) is 7. The third kappa shape index (κ3) is 10.7. The van der Waals surface area contributed by atoms with E-state index in [0.717, 1.165) is 36.2 Å².